The molecular formula is C18H21NO3. The number of rotatable bonds is 3. The van der Waals surface area contributed by atoms with Crippen molar-refractivity contribution in [2.75, 3.05) is 7.11 Å². The van der Waals surface area contributed by atoms with E-state index in [0.717, 1.165) is 29.7 Å². The fourth-order valence-corrected chi connectivity index (χ4v) is 3.33. The molecule has 1 aliphatic heterocycles. The normalized spacial score (nSPS) is 19.2. The first-order chi connectivity index (χ1) is 10.7. The molecule has 3 rings (SSSR count). The van der Waals surface area contributed by atoms with Gasteiger partial charge in [-0.25, -0.2) is 0 Å². The van der Waals surface area contributed by atoms with Crippen molar-refractivity contribution in [1.29, 1.82) is 0 Å². The van der Waals surface area contributed by atoms with Crippen LogP contribution in [0.2, 0.25) is 0 Å². The molecule has 2 aliphatic rings. The SMILES string of the molecule is COc1ccc(C2CC(=O)NC(=O)C2)cc1C=C1CCCC1. The Morgan fingerprint density at radius 3 is 2.45 bits per heavy atom. The third kappa shape index (κ3) is 3.21. The second-order valence-electron chi connectivity index (χ2n) is 6.09. The number of hydrogen-bond acceptors (Lipinski definition) is 3. The van der Waals surface area contributed by atoms with Gasteiger partial charge in [0.25, 0.3) is 0 Å². The zero-order chi connectivity index (χ0) is 15.5. The van der Waals surface area contributed by atoms with E-state index in [1.54, 1.807) is 7.11 Å². The molecule has 2 fully saturated rings. The summed E-state index contributed by atoms with van der Waals surface area (Å²) in [5, 5.41) is 2.36. The summed E-state index contributed by atoms with van der Waals surface area (Å²) in [7, 11) is 1.67. The summed E-state index contributed by atoms with van der Waals surface area (Å²) in [6, 6.07) is 5.97. The summed E-state index contributed by atoms with van der Waals surface area (Å²) in [6.45, 7) is 0. The highest BCUT2D eigenvalue weighted by molar-refractivity contribution is 5.98. The van der Waals surface area contributed by atoms with E-state index in [1.165, 1.54) is 18.4 Å². The van der Waals surface area contributed by atoms with Gasteiger partial charge in [-0.1, -0.05) is 17.7 Å². The van der Waals surface area contributed by atoms with E-state index in [9.17, 15) is 9.59 Å². The molecule has 1 N–H and O–H groups in total. The van der Waals surface area contributed by atoms with Gasteiger partial charge in [0, 0.05) is 24.3 Å². The van der Waals surface area contributed by atoms with Gasteiger partial charge in [0.2, 0.25) is 11.8 Å². The fourth-order valence-electron chi connectivity index (χ4n) is 3.33. The highest BCUT2D eigenvalue weighted by atomic mass is 16.5. The van der Waals surface area contributed by atoms with Gasteiger partial charge in [-0.05, 0) is 43.4 Å². The number of piperidine rings is 1. The molecular weight excluding hydrogens is 278 g/mol. The topological polar surface area (TPSA) is 55.4 Å². The predicted molar refractivity (Wildman–Crippen MR) is 84.6 cm³/mol. The maximum Gasteiger partial charge on any atom is 0.227 e. The first-order valence-corrected chi connectivity index (χ1v) is 7.86. The maximum atomic E-state index is 11.6. The summed E-state index contributed by atoms with van der Waals surface area (Å²) < 4.78 is 5.45. The Kier molecular flexibility index (Phi) is 4.27. The van der Waals surface area contributed by atoms with Gasteiger partial charge in [0.15, 0.2) is 0 Å². The molecule has 0 aromatic heterocycles. The van der Waals surface area contributed by atoms with E-state index in [4.69, 9.17) is 4.74 Å². The lowest BCUT2D eigenvalue weighted by Crippen LogP contribution is -2.37. The number of benzene rings is 1. The third-order valence-electron chi connectivity index (χ3n) is 4.47. The molecule has 1 heterocycles. The van der Waals surface area contributed by atoms with E-state index < -0.39 is 0 Å². The first-order valence-electron chi connectivity index (χ1n) is 7.86. The van der Waals surface area contributed by atoms with Crippen LogP contribution >= 0.6 is 0 Å². The van der Waals surface area contributed by atoms with E-state index in [-0.39, 0.29) is 17.7 Å². The van der Waals surface area contributed by atoms with E-state index in [2.05, 4.69) is 17.5 Å². The molecule has 116 valence electrons. The van der Waals surface area contributed by atoms with Crippen molar-refractivity contribution in [2.45, 2.75) is 44.4 Å². The molecule has 1 aromatic rings. The summed E-state index contributed by atoms with van der Waals surface area (Å²) in [4.78, 5) is 23.2. The molecule has 4 nitrogen and oxygen atoms in total. The monoisotopic (exact) mass is 299 g/mol. The van der Waals surface area contributed by atoms with E-state index in [0.29, 0.717) is 12.8 Å². The molecule has 1 aliphatic carbocycles. The Labute approximate surface area is 130 Å². The lowest BCUT2D eigenvalue weighted by molar-refractivity contribution is -0.133. The number of amides is 2. The number of methoxy groups -OCH3 is 1. The van der Waals surface area contributed by atoms with Gasteiger partial charge in [-0.15, -0.1) is 0 Å². The molecule has 0 radical (unpaired) electrons. The summed E-state index contributed by atoms with van der Waals surface area (Å²) in [5.41, 5.74) is 3.54. The van der Waals surface area contributed by atoms with Gasteiger partial charge in [-0.2, -0.15) is 0 Å². The Bertz CT molecular complexity index is 609. The zero-order valence-electron chi connectivity index (χ0n) is 12.9. The van der Waals surface area contributed by atoms with Crippen molar-refractivity contribution in [3.05, 3.63) is 34.9 Å². The van der Waals surface area contributed by atoms with Gasteiger partial charge in [0.1, 0.15) is 5.75 Å². The lowest BCUT2D eigenvalue weighted by atomic mass is 9.88. The van der Waals surface area contributed by atoms with Crippen LogP contribution in [0.4, 0.5) is 0 Å². The average molecular weight is 299 g/mol. The van der Waals surface area contributed by atoms with Crippen LogP contribution in [-0.2, 0) is 9.59 Å². The Morgan fingerprint density at radius 2 is 1.82 bits per heavy atom. The summed E-state index contributed by atoms with van der Waals surface area (Å²) >= 11 is 0. The van der Waals surface area contributed by atoms with Crippen LogP contribution in [0, 0.1) is 0 Å². The number of imide groups is 1. The minimum Gasteiger partial charge on any atom is -0.496 e. The average Bonchev–Trinajstić information content (AvgIpc) is 2.99. The van der Waals surface area contributed by atoms with Crippen LogP contribution < -0.4 is 10.1 Å². The zero-order valence-corrected chi connectivity index (χ0v) is 12.9. The number of carbonyl (C=O) groups is 2. The van der Waals surface area contributed by atoms with Crippen molar-refractivity contribution in [3.8, 4) is 5.75 Å². The van der Waals surface area contributed by atoms with Crippen LogP contribution in [0.3, 0.4) is 0 Å². The predicted octanol–water partition coefficient (Wildman–Crippen LogP) is 3.17. The largest absolute Gasteiger partial charge is 0.496 e. The second kappa shape index (κ2) is 6.34. The Morgan fingerprint density at radius 1 is 1.14 bits per heavy atom. The fraction of sp³-hybridized carbons (Fsp3) is 0.444. The van der Waals surface area contributed by atoms with Crippen LogP contribution in [0.1, 0.15) is 55.6 Å². The molecule has 2 amide bonds. The lowest BCUT2D eigenvalue weighted by Gasteiger charge is -2.22. The Hall–Kier alpha value is -2.10. The van der Waals surface area contributed by atoms with Gasteiger partial charge >= 0.3 is 0 Å². The number of hydrogen-bond donors (Lipinski definition) is 1. The number of allylic oxidation sites excluding steroid dienone is 1. The van der Waals surface area contributed by atoms with Crippen LogP contribution in [0.15, 0.2) is 23.8 Å². The maximum absolute atomic E-state index is 11.6. The first kappa shape index (κ1) is 14.8. The standard InChI is InChI=1S/C18H21NO3/c1-22-16-7-6-13(14-10-17(20)19-18(21)11-14)9-15(16)8-12-4-2-3-5-12/h6-9,14H,2-5,10-11H2,1H3,(H,19,20,21). The van der Waals surface area contributed by atoms with Crippen molar-refractivity contribution < 1.29 is 14.3 Å². The molecule has 1 aromatic carbocycles. The summed E-state index contributed by atoms with van der Waals surface area (Å²) in [6.07, 6.45) is 7.76. The third-order valence-corrected chi connectivity index (χ3v) is 4.47. The minimum absolute atomic E-state index is 0.0344. The number of nitrogens with one attached hydrogen (secondary N) is 1. The highest BCUT2D eigenvalue weighted by Gasteiger charge is 2.26. The van der Waals surface area contributed by atoms with Crippen LogP contribution in [0.25, 0.3) is 6.08 Å². The highest BCUT2D eigenvalue weighted by Crippen LogP contribution is 2.33. The molecule has 1 saturated carbocycles. The van der Waals surface area contributed by atoms with Gasteiger partial charge in [-0.3, -0.25) is 14.9 Å². The van der Waals surface area contributed by atoms with Crippen LogP contribution in [0.5, 0.6) is 5.75 Å². The number of carbonyl (C=O) groups excluding carboxylic acids is 2. The van der Waals surface area contributed by atoms with Crippen LogP contribution in [-0.4, -0.2) is 18.9 Å². The van der Waals surface area contributed by atoms with Crippen molar-refractivity contribution in [1.82, 2.24) is 5.32 Å². The van der Waals surface area contributed by atoms with E-state index in [1.807, 2.05) is 12.1 Å². The molecule has 22 heavy (non-hydrogen) atoms. The smallest absolute Gasteiger partial charge is 0.227 e. The minimum atomic E-state index is -0.187. The van der Waals surface area contributed by atoms with E-state index >= 15 is 0 Å². The quantitative estimate of drug-likeness (QED) is 0.872. The van der Waals surface area contributed by atoms with Crippen molar-refractivity contribution in [3.63, 3.8) is 0 Å². The molecule has 1 saturated heterocycles. The molecule has 0 bridgehead atoms. The number of ether oxygens (including phenoxy) is 1. The van der Waals surface area contributed by atoms with Gasteiger partial charge in [0.05, 0.1) is 7.11 Å². The van der Waals surface area contributed by atoms with Crippen molar-refractivity contribution >= 4 is 17.9 Å². The molecule has 0 atom stereocenters. The second-order valence-corrected chi connectivity index (χ2v) is 6.09. The molecule has 0 spiro atoms. The van der Waals surface area contributed by atoms with Crippen molar-refractivity contribution in [2.24, 2.45) is 0 Å². The summed E-state index contributed by atoms with van der Waals surface area (Å²) in [5.74, 6) is 0.433. The molecule has 4 heteroatoms. The van der Waals surface area contributed by atoms with Gasteiger partial charge < -0.3 is 4.74 Å². The Balaban J connectivity index is 1.91. The molecule has 0 unspecified atom stereocenters.